The van der Waals surface area contributed by atoms with Crippen molar-refractivity contribution >= 4 is 34.1 Å². The molecule has 4 aliphatic rings. The van der Waals surface area contributed by atoms with Gasteiger partial charge in [-0.2, -0.15) is 23.1 Å². The lowest BCUT2D eigenvalue weighted by molar-refractivity contribution is -0.137. The van der Waals surface area contributed by atoms with Crippen LogP contribution in [0, 0.1) is 18.2 Å². The van der Waals surface area contributed by atoms with E-state index < -0.39 is 35.0 Å². The normalized spacial score (nSPS) is 24.8. The quantitative estimate of drug-likeness (QED) is 0.284. The molecule has 1 saturated carbocycles. The van der Waals surface area contributed by atoms with E-state index in [0.717, 1.165) is 51.1 Å². The maximum absolute atomic E-state index is 16.7. The van der Waals surface area contributed by atoms with Gasteiger partial charge in [-0.05, 0) is 76.1 Å². The van der Waals surface area contributed by atoms with Crippen molar-refractivity contribution in [3.63, 3.8) is 0 Å². The van der Waals surface area contributed by atoms with E-state index in [-0.39, 0.29) is 51.4 Å². The standard InChI is InChI=1S/C32H37ClF5N7O/c1-17-11-23(39)41-28(25(17)32(36,37)38)24-22(33)12-21-27(26(24)35)42-30(43-29(21)45-10-6-19-4-5-20(14-45)40-19)46-16-31(7-8-31)15-44-9-2-3-18(34)13-44/h11-12,18-20,40H,2-10,13-16H2,1H3,(H2,39,41)/t18?,19-,20+/m1/s1. The van der Waals surface area contributed by atoms with Gasteiger partial charge in [0.05, 0.1) is 28.5 Å². The predicted octanol–water partition coefficient (Wildman–Crippen LogP) is 6.32. The molecule has 3 N–H and O–H groups in total. The summed E-state index contributed by atoms with van der Waals surface area (Å²) in [7, 11) is 0. The number of nitrogens with zero attached hydrogens (tertiary/aromatic N) is 5. The number of nitrogens with one attached hydrogen (secondary N) is 1. The van der Waals surface area contributed by atoms with Gasteiger partial charge >= 0.3 is 12.2 Å². The molecule has 3 aliphatic heterocycles. The summed E-state index contributed by atoms with van der Waals surface area (Å²) in [4.78, 5) is 17.3. The molecule has 0 amide bonds. The van der Waals surface area contributed by atoms with Gasteiger partial charge in [0.25, 0.3) is 0 Å². The number of halogens is 6. The number of likely N-dealkylation sites (tertiary alicyclic amines) is 1. The SMILES string of the molecule is Cc1cc(N)nc(-c2c(Cl)cc3c(N4CC[C@H]5CC[C@@H](C4)N5)nc(OCC4(CN5CCCC(F)C5)CC4)nc3c2F)c1C(F)(F)F. The summed E-state index contributed by atoms with van der Waals surface area (Å²) in [5.41, 5.74) is 2.90. The fourth-order valence-electron chi connectivity index (χ4n) is 7.41. The van der Waals surface area contributed by atoms with Crippen LogP contribution in [-0.4, -0.2) is 77.4 Å². The van der Waals surface area contributed by atoms with E-state index in [1.54, 1.807) is 0 Å². The first-order chi connectivity index (χ1) is 21.9. The number of nitrogen functional groups attached to an aromatic ring is 1. The van der Waals surface area contributed by atoms with Gasteiger partial charge in [-0.3, -0.25) is 4.90 Å². The van der Waals surface area contributed by atoms with E-state index in [1.807, 2.05) is 0 Å². The number of alkyl halides is 4. The first-order valence-corrected chi connectivity index (χ1v) is 16.3. The van der Waals surface area contributed by atoms with Crippen molar-refractivity contribution in [3.8, 4) is 17.3 Å². The number of aryl methyl sites for hydroxylation is 1. The monoisotopic (exact) mass is 665 g/mol. The molecule has 3 saturated heterocycles. The highest BCUT2D eigenvalue weighted by Crippen LogP contribution is 2.48. The highest BCUT2D eigenvalue weighted by molar-refractivity contribution is 6.34. The van der Waals surface area contributed by atoms with Crippen molar-refractivity contribution in [1.82, 2.24) is 25.2 Å². The number of nitrogens with two attached hydrogens (primary N) is 1. The number of fused-ring (bicyclic) bond motifs is 3. The molecule has 3 atom stereocenters. The van der Waals surface area contributed by atoms with Gasteiger partial charge in [0, 0.05) is 49.1 Å². The van der Waals surface area contributed by atoms with Crippen molar-refractivity contribution in [1.29, 1.82) is 0 Å². The molecule has 1 unspecified atom stereocenters. The lowest BCUT2D eigenvalue weighted by Crippen LogP contribution is -2.41. The summed E-state index contributed by atoms with van der Waals surface area (Å²) >= 11 is 6.61. The van der Waals surface area contributed by atoms with Gasteiger partial charge < -0.3 is 20.7 Å². The zero-order chi connectivity index (χ0) is 32.4. The minimum atomic E-state index is -4.84. The summed E-state index contributed by atoms with van der Waals surface area (Å²) in [6.07, 6.45) is 0.426. The Morgan fingerprint density at radius 2 is 1.85 bits per heavy atom. The van der Waals surface area contributed by atoms with Crippen LogP contribution in [0.25, 0.3) is 22.2 Å². The highest BCUT2D eigenvalue weighted by atomic mass is 35.5. The number of anilines is 2. The second kappa shape index (κ2) is 11.9. The number of benzene rings is 1. The zero-order valence-corrected chi connectivity index (χ0v) is 26.3. The van der Waals surface area contributed by atoms with Crippen LogP contribution in [0.2, 0.25) is 5.02 Å². The lowest BCUT2D eigenvalue weighted by Gasteiger charge is -2.32. The van der Waals surface area contributed by atoms with Gasteiger partial charge in [0.1, 0.15) is 23.3 Å². The minimum Gasteiger partial charge on any atom is -0.463 e. The van der Waals surface area contributed by atoms with Crippen LogP contribution >= 0.6 is 11.6 Å². The van der Waals surface area contributed by atoms with E-state index in [4.69, 9.17) is 27.1 Å². The molecule has 1 aromatic carbocycles. The topological polar surface area (TPSA) is 92.4 Å². The highest BCUT2D eigenvalue weighted by Gasteiger charge is 2.46. The van der Waals surface area contributed by atoms with Crippen LogP contribution in [0.15, 0.2) is 12.1 Å². The summed E-state index contributed by atoms with van der Waals surface area (Å²) < 4.78 is 79.7. The second-order valence-electron chi connectivity index (χ2n) is 13.5. The molecule has 248 valence electrons. The first kappa shape index (κ1) is 31.6. The van der Waals surface area contributed by atoms with E-state index in [2.05, 4.69) is 25.1 Å². The van der Waals surface area contributed by atoms with Crippen LogP contribution in [0.3, 0.4) is 0 Å². The van der Waals surface area contributed by atoms with E-state index in [1.165, 1.54) is 13.0 Å². The number of hydrogen-bond donors (Lipinski definition) is 2. The van der Waals surface area contributed by atoms with Crippen LogP contribution in [0.1, 0.15) is 56.1 Å². The molecule has 8 nitrogen and oxygen atoms in total. The molecule has 4 fully saturated rings. The Labute approximate surface area is 268 Å². The van der Waals surface area contributed by atoms with Crippen molar-refractivity contribution in [3.05, 3.63) is 34.1 Å². The number of pyridine rings is 1. The van der Waals surface area contributed by atoms with E-state index >= 15 is 4.39 Å². The molecule has 14 heteroatoms. The molecular weight excluding hydrogens is 629 g/mol. The zero-order valence-electron chi connectivity index (χ0n) is 25.6. The maximum atomic E-state index is 16.7. The largest absolute Gasteiger partial charge is 0.463 e. The Bertz CT molecular complexity index is 1650. The molecule has 7 rings (SSSR count). The number of aromatic nitrogens is 3. The molecule has 1 aliphatic carbocycles. The number of piperidine rings is 1. The predicted molar refractivity (Wildman–Crippen MR) is 166 cm³/mol. The van der Waals surface area contributed by atoms with Crippen molar-refractivity contribution in [2.24, 2.45) is 5.41 Å². The average molecular weight is 666 g/mol. The minimum absolute atomic E-state index is 0.0712. The van der Waals surface area contributed by atoms with Crippen molar-refractivity contribution < 1.29 is 26.7 Å². The van der Waals surface area contributed by atoms with Gasteiger partial charge in [-0.1, -0.05) is 11.6 Å². The van der Waals surface area contributed by atoms with E-state index in [0.29, 0.717) is 44.5 Å². The average Bonchev–Trinajstić information content (AvgIpc) is 3.64. The second-order valence-corrected chi connectivity index (χ2v) is 13.9. The summed E-state index contributed by atoms with van der Waals surface area (Å²) in [5.74, 6) is -0.842. The fraction of sp³-hybridized carbons (Fsp3) is 0.594. The molecule has 0 radical (unpaired) electrons. The molecule has 2 bridgehead atoms. The molecule has 3 aromatic rings. The number of hydrogen-bond acceptors (Lipinski definition) is 8. The molecular formula is C32H37ClF5N7O. The number of rotatable bonds is 7. The molecule has 0 spiro atoms. The van der Waals surface area contributed by atoms with Gasteiger partial charge in [-0.25, -0.2) is 13.8 Å². The lowest BCUT2D eigenvalue weighted by atomic mass is 9.99. The Morgan fingerprint density at radius 1 is 1.07 bits per heavy atom. The van der Waals surface area contributed by atoms with Crippen LogP contribution in [0.4, 0.5) is 33.6 Å². The van der Waals surface area contributed by atoms with Crippen molar-refractivity contribution in [2.45, 2.75) is 76.3 Å². The smallest absolute Gasteiger partial charge is 0.418 e. The third-order valence-electron chi connectivity index (χ3n) is 9.89. The molecule has 46 heavy (non-hydrogen) atoms. The maximum Gasteiger partial charge on any atom is 0.418 e. The van der Waals surface area contributed by atoms with Crippen LogP contribution < -0.4 is 20.7 Å². The summed E-state index contributed by atoms with van der Waals surface area (Å²) in [6, 6.07) is 3.03. The van der Waals surface area contributed by atoms with Crippen LogP contribution in [-0.2, 0) is 6.18 Å². The number of ether oxygens (including phenoxy) is 1. The van der Waals surface area contributed by atoms with Gasteiger partial charge in [0.2, 0.25) is 0 Å². The molecule has 2 aromatic heterocycles. The third kappa shape index (κ3) is 6.17. The van der Waals surface area contributed by atoms with Gasteiger partial charge in [0.15, 0.2) is 5.82 Å². The fourth-order valence-corrected chi connectivity index (χ4v) is 7.70. The van der Waals surface area contributed by atoms with Crippen molar-refractivity contribution in [2.75, 3.05) is 50.0 Å². The van der Waals surface area contributed by atoms with E-state index in [9.17, 15) is 17.6 Å². The Hall–Kier alpha value is -3.03. The molecule has 5 heterocycles. The summed E-state index contributed by atoms with van der Waals surface area (Å²) in [5, 5.41) is 3.63. The third-order valence-corrected chi connectivity index (χ3v) is 10.2. The summed E-state index contributed by atoms with van der Waals surface area (Å²) in [6.45, 7) is 4.66. The Morgan fingerprint density at radius 3 is 2.59 bits per heavy atom. The Balaban J connectivity index is 1.30. The van der Waals surface area contributed by atoms with Crippen LogP contribution in [0.5, 0.6) is 6.01 Å². The van der Waals surface area contributed by atoms with Gasteiger partial charge in [-0.15, -0.1) is 0 Å². The Kier molecular flexibility index (Phi) is 8.16. The first-order valence-electron chi connectivity index (χ1n) is 15.9.